The van der Waals surface area contributed by atoms with Gasteiger partial charge in [-0.1, -0.05) is 0 Å². The third-order valence-corrected chi connectivity index (χ3v) is 4.92. The second-order valence-electron chi connectivity index (χ2n) is 4.94. The van der Waals surface area contributed by atoms with Gasteiger partial charge < -0.3 is 10.1 Å². The summed E-state index contributed by atoms with van der Waals surface area (Å²) < 4.78 is 53.6. The highest BCUT2D eigenvalue weighted by Crippen LogP contribution is 2.17. The minimum Gasteiger partial charge on any atom is -0.481 e. The van der Waals surface area contributed by atoms with Gasteiger partial charge in [0.25, 0.3) is 5.91 Å². The van der Waals surface area contributed by atoms with Crippen LogP contribution in [0.4, 0.5) is 8.78 Å². The van der Waals surface area contributed by atoms with E-state index in [2.05, 4.69) is 5.32 Å². The lowest BCUT2D eigenvalue weighted by molar-refractivity contribution is -0.127. The zero-order valence-electron chi connectivity index (χ0n) is 11.3. The fourth-order valence-corrected chi connectivity index (χ4v) is 3.71. The van der Waals surface area contributed by atoms with Gasteiger partial charge >= 0.3 is 0 Å². The number of benzene rings is 1. The van der Waals surface area contributed by atoms with Crippen molar-refractivity contribution in [3.05, 3.63) is 29.8 Å². The Hall–Kier alpha value is -1.70. The van der Waals surface area contributed by atoms with E-state index in [1.807, 2.05) is 0 Å². The molecule has 5 nitrogen and oxygen atoms in total. The van der Waals surface area contributed by atoms with Crippen LogP contribution in [0.1, 0.15) is 13.3 Å². The van der Waals surface area contributed by atoms with Crippen molar-refractivity contribution in [3.8, 4) is 5.75 Å². The van der Waals surface area contributed by atoms with Gasteiger partial charge in [0.15, 0.2) is 27.6 Å². The summed E-state index contributed by atoms with van der Waals surface area (Å²) in [6, 6.07) is 2.53. The van der Waals surface area contributed by atoms with Crippen LogP contribution in [-0.2, 0) is 14.6 Å². The first-order chi connectivity index (χ1) is 9.77. The van der Waals surface area contributed by atoms with Crippen molar-refractivity contribution in [3.63, 3.8) is 0 Å². The molecule has 1 heterocycles. The molecule has 1 aliphatic rings. The van der Waals surface area contributed by atoms with Gasteiger partial charge in [-0.3, -0.25) is 4.79 Å². The van der Waals surface area contributed by atoms with Gasteiger partial charge in [0.05, 0.1) is 11.5 Å². The molecule has 1 aromatic carbocycles. The molecule has 0 aliphatic carbocycles. The lowest BCUT2D eigenvalue weighted by Crippen LogP contribution is -2.43. The molecule has 1 aromatic rings. The molecular formula is C13H15F2NO4S. The van der Waals surface area contributed by atoms with Crippen molar-refractivity contribution in [2.75, 3.05) is 11.5 Å². The van der Waals surface area contributed by atoms with Crippen LogP contribution in [0.15, 0.2) is 18.2 Å². The summed E-state index contributed by atoms with van der Waals surface area (Å²) in [4.78, 5) is 11.9. The van der Waals surface area contributed by atoms with Gasteiger partial charge in [0.2, 0.25) is 0 Å². The molecule has 0 spiro atoms. The van der Waals surface area contributed by atoms with Gasteiger partial charge in [-0.2, -0.15) is 0 Å². The van der Waals surface area contributed by atoms with Crippen molar-refractivity contribution in [1.82, 2.24) is 5.32 Å². The summed E-state index contributed by atoms with van der Waals surface area (Å²) in [6.45, 7) is 1.44. The number of hydrogen-bond donors (Lipinski definition) is 1. The smallest absolute Gasteiger partial charge is 0.261 e. The second kappa shape index (κ2) is 5.97. The number of carbonyl (C=O) groups is 1. The van der Waals surface area contributed by atoms with Crippen LogP contribution < -0.4 is 10.1 Å². The largest absolute Gasteiger partial charge is 0.481 e. The van der Waals surface area contributed by atoms with Crippen LogP contribution in [-0.4, -0.2) is 38.0 Å². The standard InChI is InChI=1S/C13H15F2NO4S/c1-8(20-10-2-3-11(14)12(15)6-10)13(17)16-9-4-5-21(18,19)7-9/h2-3,6,8-9H,4-5,7H2,1H3,(H,16,17)/t8-,9+/m1/s1. The highest BCUT2D eigenvalue weighted by Gasteiger charge is 2.30. The Labute approximate surface area is 121 Å². The van der Waals surface area contributed by atoms with Crippen molar-refractivity contribution in [2.24, 2.45) is 0 Å². The van der Waals surface area contributed by atoms with Crippen LogP contribution in [0.2, 0.25) is 0 Å². The fraction of sp³-hybridized carbons (Fsp3) is 0.462. The number of halogens is 2. The van der Waals surface area contributed by atoms with Crippen LogP contribution in [0, 0.1) is 11.6 Å². The summed E-state index contributed by atoms with van der Waals surface area (Å²) in [5, 5.41) is 2.57. The van der Waals surface area contributed by atoms with Crippen molar-refractivity contribution in [2.45, 2.75) is 25.5 Å². The summed E-state index contributed by atoms with van der Waals surface area (Å²) in [5.74, 6) is -2.58. The monoisotopic (exact) mass is 319 g/mol. The maximum Gasteiger partial charge on any atom is 0.261 e. The molecule has 2 atom stereocenters. The molecule has 1 amide bonds. The molecule has 0 bridgehead atoms. The minimum absolute atomic E-state index is 0.0237. The number of rotatable bonds is 4. The number of carbonyl (C=O) groups excluding carboxylic acids is 1. The summed E-state index contributed by atoms with van der Waals surface area (Å²) in [7, 11) is -3.08. The average molecular weight is 319 g/mol. The Balaban J connectivity index is 1.92. The van der Waals surface area contributed by atoms with Crippen LogP contribution in [0.5, 0.6) is 5.75 Å². The first-order valence-corrected chi connectivity index (χ1v) is 8.21. The predicted molar refractivity (Wildman–Crippen MR) is 71.6 cm³/mol. The Morgan fingerprint density at radius 3 is 2.67 bits per heavy atom. The Bertz CT molecular complexity index is 648. The van der Waals surface area contributed by atoms with E-state index >= 15 is 0 Å². The van der Waals surface area contributed by atoms with Crippen LogP contribution >= 0.6 is 0 Å². The van der Waals surface area contributed by atoms with E-state index in [0.717, 1.165) is 12.1 Å². The quantitative estimate of drug-likeness (QED) is 0.900. The molecule has 1 N–H and O–H groups in total. The maximum atomic E-state index is 13.0. The molecule has 8 heteroatoms. The zero-order chi connectivity index (χ0) is 15.6. The summed E-state index contributed by atoms with van der Waals surface area (Å²) in [6.07, 6.45) is -0.579. The maximum absolute atomic E-state index is 13.0. The SMILES string of the molecule is C[C@@H](Oc1ccc(F)c(F)c1)C(=O)N[C@H]1CCS(=O)(=O)C1. The fourth-order valence-electron chi connectivity index (χ4n) is 2.04. The summed E-state index contributed by atoms with van der Waals surface area (Å²) >= 11 is 0. The lowest BCUT2D eigenvalue weighted by Gasteiger charge is -2.17. The van der Waals surface area contributed by atoms with Crippen molar-refractivity contribution >= 4 is 15.7 Å². The molecule has 1 fully saturated rings. The van der Waals surface area contributed by atoms with Gasteiger partial charge in [0.1, 0.15) is 5.75 Å². The molecule has 0 aromatic heterocycles. The average Bonchev–Trinajstić information content (AvgIpc) is 2.73. The van der Waals surface area contributed by atoms with E-state index in [-0.39, 0.29) is 17.3 Å². The highest BCUT2D eigenvalue weighted by molar-refractivity contribution is 7.91. The van der Waals surface area contributed by atoms with Gasteiger partial charge in [-0.05, 0) is 25.5 Å². The lowest BCUT2D eigenvalue weighted by atomic mass is 10.2. The van der Waals surface area contributed by atoms with E-state index in [1.165, 1.54) is 13.0 Å². The molecule has 0 unspecified atom stereocenters. The number of hydrogen-bond acceptors (Lipinski definition) is 4. The van der Waals surface area contributed by atoms with E-state index in [4.69, 9.17) is 4.74 Å². The molecule has 0 saturated carbocycles. The normalized spacial score (nSPS) is 21.8. The number of ether oxygens (including phenoxy) is 1. The van der Waals surface area contributed by atoms with E-state index in [0.29, 0.717) is 6.42 Å². The van der Waals surface area contributed by atoms with Gasteiger partial charge in [0, 0.05) is 12.1 Å². The number of nitrogens with one attached hydrogen (secondary N) is 1. The third-order valence-electron chi connectivity index (χ3n) is 3.15. The molecule has 21 heavy (non-hydrogen) atoms. The molecular weight excluding hydrogens is 304 g/mol. The molecule has 2 rings (SSSR count). The van der Waals surface area contributed by atoms with E-state index in [1.54, 1.807) is 0 Å². The predicted octanol–water partition coefficient (Wildman–Crippen LogP) is 1.04. The third kappa shape index (κ3) is 4.13. The highest BCUT2D eigenvalue weighted by atomic mass is 32.2. The minimum atomic E-state index is -3.08. The molecule has 0 radical (unpaired) electrons. The van der Waals surface area contributed by atoms with Crippen molar-refractivity contribution in [1.29, 1.82) is 0 Å². The zero-order valence-corrected chi connectivity index (χ0v) is 12.1. The van der Waals surface area contributed by atoms with Crippen LogP contribution in [0.25, 0.3) is 0 Å². The Morgan fingerprint density at radius 2 is 2.10 bits per heavy atom. The number of sulfone groups is 1. The van der Waals surface area contributed by atoms with Gasteiger partial charge in [-0.15, -0.1) is 0 Å². The summed E-state index contributed by atoms with van der Waals surface area (Å²) in [5.41, 5.74) is 0. The molecule has 116 valence electrons. The van der Waals surface area contributed by atoms with E-state index in [9.17, 15) is 22.0 Å². The first kappa shape index (κ1) is 15.7. The van der Waals surface area contributed by atoms with E-state index < -0.39 is 39.5 Å². The molecule has 1 aliphatic heterocycles. The van der Waals surface area contributed by atoms with Gasteiger partial charge in [-0.25, -0.2) is 17.2 Å². The number of amides is 1. The molecule has 1 saturated heterocycles. The van der Waals surface area contributed by atoms with Crippen molar-refractivity contribution < 1.29 is 26.7 Å². The first-order valence-electron chi connectivity index (χ1n) is 6.39. The topological polar surface area (TPSA) is 72.5 Å². The van der Waals surface area contributed by atoms with Crippen LogP contribution in [0.3, 0.4) is 0 Å². The second-order valence-corrected chi connectivity index (χ2v) is 7.17. The Kier molecular flexibility index (Phi) is 4.46. The Morgan fingerprint density at radius 1 is 1.38 bits per heavy atom.